The zero-order valence-corrected chi connectivity index (χ0v) is 12.0. The maximum absolute atomic E-state index is 14.0. The number of halogens is 5. The van der Waals surface area contributed by atoms with E-state index in [2.05, 4.69) is 5.32 Å². The SMILES string of the molecule is CCC1CNC(C)(C)CN1c1c(F)c(F)c(F)c(F)c1F. The van der Waals surface area contributed by atoms with E-state index in [4.69, 9.17) is 0 Å². The molecular weight excluding hydrogens is 291 g/mol. The molecule has 0 aromatic heterocycles. The number of nitrogens with zero attached hydrogens (tertiary/aromatic N) is 1. The Bertz CT molecular complexity index is 530. The number of rotatable bonds is 2. The van der Waals surface area contributed by atoms with Gasteiger partial charge in [-0.1, -0.05) is 6.92 Å². The third kappa shape index (κ3) is 2.71. The van der Waals surface area contributed by atoms with Crippen LogP contribution in [0.1, 0.15) is 27.2 Å². The highest BCUT2D eigenvalue weighted by molar-refractivity contribution is 5.52. The quantitative estimate of drug-likeness (QED) is 0.512. The van der Waals surface area contributed by atoms with Gasteiger partial charge in [0.25, 0.3) is 0 Å². The van der Waals surface area contributed by atoms with Crippen LogP contribution in [0.25, 0.3) is 0 Å². The van der Waals surface area contributed by atoms with E-state index >= 15 is 0 Å². The Kier molecular flexibility index (Phi) is 4.15. The van der Waals surface area contributed by atoms with Crippen LogP contribution in [0.4, 0.5) is 27.6 Å². The summed E-state index contributed by atoms with van der Waals surface area (Å²) < 4.78 is 67.8. The fourth-order valence-corrected chi connectivity index (χ4v) is 2.59. The van der Waals surface area contributed by atoms with Crippen LogP contribution < -0.4 is 10.2 Å². The van der Waals surface area contributed by atoms with Crippen molar-refractivity contribution in [2.45, 2.75) is 38.8 Å². The second-order valence-corrected chi connectivity index (χ2v) is 5.87. The summed E-state index contributed by atoms with van der Waals surface area (Å²) in [5.41, 5.74) is -1.33. The van der Waals surface area contributed by atoms with Crippen LogP contribution in [0.3, 0.4) is 0 Å². The first-order chi connectivity index (χ1) is 9.69. The lowest BCUT2D eigenvalue weighted by Crippen LogP contribution is -2.62. The topological polar surface area (TPSA) is 15.3 Å². The van der Waals surface area contributed by atoms with Crippen molar-refractivity contribution in [1.29, 1.82) is 0 Å². The molecule has 118 valence electrons. The van der Waals surface area contributed by atoms with Crippen molar-refractivity contribution in [3.8, 4) is 0 Å². The van der Waals surface area contributed by atoms with Gasteiger partial charge in [0.05, 0.1) is 0 Å². The minimum Gasteiger partial charge on any atom is -0.361 e. The van der Waals surface area contributed by atoms with Gasteiger partial charge in [-0.25, -0.2) is 22.0 Å². The number of hydrogen-bond acceptors (Lipinski definition) is 2. The standard InChI is InChI=1S/C14H17F5N2/c1-4-7-5-20-14(2,3)6-21(7)13-11(18)9(16)8(15)10(17)12(13)19/h7,20H,4-6H2,1-3H3. The first kappa shape index (κ1) is 16.0. The Hall–Kier alpha value is -1.37. The van der Waals surface area contributed by atoms with Crippen molar-refractivity contribution >= 4 is 5.69 Å². The Morgan fingerprint density at radius 1 is 1.00 bits per heavy atom. The smallest absolute Gasteiger partial charge is 0.200 e. The molecule has 2 rings (SSSR count). The van der Waals surface area contributed by atoms with Gasteiger partial charge < -0.3 is 10.2 Å². The van der Waals surface area contributed by atoms with E-state index in [1.54, 1.807) is 20.8 Å². The fourth-order valence-electron chi connectivity index (χ4n) is 2.59. The summed E-state index contributed by atoms with van der Waals surface area (Å²) in [5, 5.41) is 3.19. The van der Waals surface area contributed by atoms with Crippen molar-refractivity contribution < 1.29 is 22.0 Å². The van der Waals surface area contributed by atoms with Crippen molar-refractivity contribution in [3.05, 3.63) is 29.1 Å². The predicted molar refractivity (Wildman–Crippen MR) is 69.7 cm³/mol. The lowest BCUT2D eigenvalue weighted by atomic mass is 9.96. The third-order valence-corrected chi connectivity index (χ3v) is 3.77. The van der Waals surface area contributed by atoms with Crippen LogP contribution in [0.5, 0.6) is 0 Å². The number of benzene rings is 1. The Balaban J connectivity index is 2.58. The predicted octanol–water partition coefficient (Wildman–Crippen LogP) is 3.35. The summed E-state index contributed by atoms with van der Waals surface area (Å²) in [6.45, 7) is 5.95. The summed E-state index contributed by atoms with van der Waals surface area (Å²) in [5.74, 6) is -9.49. The second kappa shape index (κ2) is 5.44. The first-order valence-corrected chi connectivity index (χ1v) is 6.72. The molecule has 1 atom stereocenters. The molecular formula is C14H17F5N2. The minimum atomic E-state index is -2.13. The van der Waals surface area contributed by atoms with Gasteiger partial charge in [-0.3, -0.25) is 0 Å². The summed E-state index contributed by atoms with van der Waals surface area (Å²) in [4.78, 5) is 1.27. The maximum Gasteiger partial charge on any atom is 0.200 e. The molecule has 21 heavy (non-hydrogen) atoms. The fraction of sp³-hybridized carbons (Fsp3) is 0.571. The van der Waals surface area contributed by atoms with E-state index in [9.17, 15) is 22.0 Å². The second-order valence-electron chi connectivity index (χ2n) is 5.87. The van der Waals surface area contributed by atoms with Crippen LogP contribution in [-0.2, 0) is 0 Å². The van der Waals surface area contributed by atoms with E-state index < -0.39 is 40.3 Å². The molecule has 1 aliphatic rings. The molecule has 1 N–H and O–H groups in total. The molecule has 1 fully saturated rings. The van der Waals surface area contributed by atoms with Crippen LogP contribution in [0, 0.1) is 29.1 Å². The average molecular weight is 308 g/mol. The van der Waals surface area contributed by atoms with E-state index in [1.807, 2.05) is 0 Å². The molecule has 0 spiro atoms. The zero-order chi connectivity index (χ0) is 15.9. The van der Waals surface area contributed by atoms with Gasteiger partial charge >= 0.3 is 0 Å². The molecule has 2 nitrogen and oxygen atoms in total. The van der Waals surface area contributed by atoms with E-state index in [1.165, 1.54) is 4.90 Å². The van der Waals surface area contributed by atoms with Crippen LogP contribution >= 0.6 is 0 Å². The highest BCUT2D eigenvalue weighted by Crippen LogP contribution is 2.34. The van der Waals surface area contributed by atoms with Crippen molar-refractivity contribution in [2.24, 2.45) is 0 Å². The first-order valence-electron chi connectivity index (χ1n) is 6.72. The minimum absolute atomic E-state index is 0.143. The highest BCUT2D eigenvalue weighted by Gasteiger charge is 2.37. The molecule has 1 aliphatic heterocycles. The molecule has 1 saturated heterocycles. The van der Waals surface area contributed by atoms with Gasteiger partial charge in [0.15, 0.2) is 23.3 Å². The lowest BCUT2D eigenvalue weighted by Gasteiger charge is -2.45. The number of piperazine rings is 1. The largest absolute Gasteiger partial charge is 0.361 e. The lowest BCUT2D eigenvalue weighted by molar-refractivity contribution is 0.297. The summed E-state index contributed by atoms with van der Waals surface area (Å²) in [6, 6.07) is -0.341. The highest BCUT2D eigenvalue weighted by atomic mass is 19.2. The average Bonchev–Trinajstić information content (AvgIpc) is 2.43. The number of anilines is 1. The molecule has 0 aliphatic carbocycles. The van der Waals surface area contributed by atoms with E-state index in [-0.39, 0.29) is 12.6 Å². The summed E-state index contributed by atoms with van der Waals surface area (Å²) in [6.07, 6.45) is 0.516. The summed E-state index contributed by atoms with van der Waals surface area (Å²) in [7, 11) is 0. The molecule has 0 radical (unpaired) electrons. The van der Waals surface area contributed by atoms with Crippen molar-refractivity contribution in [1.82, 2.24) is 5.32 Å². The molecule has 1 aromatic rings. The van der Waals surface area contributed by atoms with Crippen LogP contribution in [0.2, 0.25) is 0 Å². The van der Waals surface area contributed by atoms with Crippen LogP contribution in [-0.4, -0.2) is 24.7 Å². The number of hydrogen-bond donors (Lipinski definition) is 1. The molecule has 7 heteroatoms. The van der Waals surface area contributed by atoms with Gasteiger partial charge in [-0.05, 0) is 20.3 Å². The van der Waals surface area contributed by atoms with E-state index in [0.717, 1.165) is 0 Å². The molecule has 1 unspecified atom stereocenters. The van der Waals surface area contributed by atoms with Gasteiger partial charge in [-0.2, -0.15) is 0 Å². The van der Waals surface area contributed by atoms with Gasteiger partial charge in [-0.15, -0.1) is 0 Å². The monoisotopic (exact) mass is 308 g/mol. The van der Waals surface area contributed by atoms with Crippen molar-refractivity contribution in [3.63, 3.8) is 0 Å². The number of nitrogens with one attached hydrogen (secondary N) is 1. The van der Waals surface area contributed by atoms with Crippen molar-refractivity contribution in [2.75, 3.05) is 18.0 Å². The van der Waals surface area contributed by atoms with Gasteiger partial charge in [0.2, 0.25) is 5.82 Å². The zero-order valence-electron chi connectivity index (χ0n) is 12.0. The summed E-state index contributed by atoms with van der Waals surface area (Å²) >= 11 is 0. The maximum atomic E-state index is 14.0. The molecule has 0 amide bonds. The van der Waals surface area contributed by atoms with Gasteiger partial charge in [0, 0.05) is 24.7 Å². The Morgan fingerprint density at radius 2 is 1.48 bits per heavy atom. The Morgan fingerprint density at radius 3 is 1.95 bits per heavy atom. The molecule has 0 saturated carbocycles. The Labute approximate surface area is 119 Å². The van der Waals surface area contributed by atoms with Crippen LogP contribution in [0.15, 0.2) is 0 Å². The normalized spacial score (nSPS) is 21.7. The van der Waals surface area contributed by atoms with Gasteiger partial charge in [0.1, 0.15) is 5.69 Å². The third-order valence-electron chi connectivity index (χ3n) is 3.77. The van der Waals surface area contributed by atoms with E-state index in [0.29, 0.717) is 13.0 Å². The molecule has 1 heterocycles. The molecule has 1 aromatic carbocycles. The molecule has 0 bridgehead atoms.